The van der Waals surface area contributed by atoms with E-state index in [1.807, 2.05) is 51.7 Å². The van der Waals surface area contributed by atoms with Crippen LogP contribution in [-0.2, 0) is 11.2 Å². The van der Waals surface area contributed by atoms with Gasteiger partial charge in [0.2, 0.25) is 5.91 Å². The van der Waals surface area contributed by atoms with Gasteiger partial charge in [0.1, 0.15) is 24.0 Å². The molecule has 1 amide bonds. The third-order valence-electron chi connectivity index (χ3n) is 4.40. The van der Waals surface area contributed by atoms with E-state index in [2.05, 4.69) is 5.32 Å². The van der Waals surface area contributed by atoms with Crippen molar-refractivity contribution >= 4 is 16.9 Å². The van der Waals surface area contributed by atoms with Gasteiger partial charge in [-0.15, -0.1) is 0 Å². The number of rotatable bonds is 9. The molecular weight excluding hydrogens is 344 g/mol. The molecule has 2 rings (SSSR count). The summed E-state index contributed by atoms with van der Waals surface area (Å²) >= 11 is 0. The number of aliphatic hydroxyl groups is 1. The van der Waals surface area contributed by atoms with Crippen LogP contribution in [0.2, 0.25) is 0 Å². The predicted octanol–water partition coefficient (Wildman–Crippen LogP) is 2.97. The number of fused-ring (bicyclic) bond motifs is 1. The zero-order valence-corrected chi connectivity index (χ0v) is 17.0. The molecule has 0 aliphatic heterocycles. The number of hydrogen-bond donors (Lipinski definition) is 2. The first-order valence-corrected chi connectivity index (χ1v) is 9.57. The second kappa shape index (κ2) is 9.24. The van der Waals surface area contributed by atoms with E-state index in [0.717, 1.165) is 10.9 Å². The maximum absolute atomic E-state index is 12.3. The lowest BCUT2D eigenvalue weighted by molar-refractivity contribution is -0.130. The van der Waals surface area contributed by atoms with Crippen molar-refractivity contribution in [3.63, 3.8) is 0 Å². The standard InChI is InChI=1S/C21H32N2O4/c1-6-23(7-2)20(25)10-15-13-27-19-11-17(8-9-18(15)19)26-14-16(24)12-22-21(3,4)5/h8-9,11,13,16,22,24H,6-7,10,12,14H2,1-5H3. The molecule has 0 aliphatic carbocycles. The summed E-state index contributed by atoms with van der Waals surface area (Å²) in [5.41, 5.74) is 1.51. The number of nitrogens with one attached hydrogen (secondary N) is 1. The molecule has 0 saturated heterocycles. The van der Waals surface area contributed by atoms with Gasteiger partial charge in [-0.25, -0.2) is 0 Å². The van der Waals surface area contributed by atoms with Gasteiger partial charge in [0, 0.05) is 42.2 Å². The Bertz CT molecular complexity index is 744. The Morgan fingerprint density at radius 2 is 2.00 bits per heavy atom. The molecule has 1 aromatic heterocycles. The number of aliphatic hydroxyl groups excluding tert-OH is 1. The number of nitrogens with zero attached hydrogens (tertiary/aromatic N) is 1. The highest BCUT2D eigenvalue weighted by Crippen LogP contribution is 2.26. The Labute approximate surface area is 161 Å². The van der Waals surface area contributed by atoms with Crippen LogP contribution in [0.3, 0.4) is 0 Å². The molecular formula is C21H32N2O4. The summed E-state index contributed by atoms with van der Waals surface area (Å²) in [6, 6.07) is 5.54. The van der Waals surface area contributed by atoms with Gasteiger partial charge >= 0.3 is 0 Å². The lowest BCUT2D eigenvalue weighted by Gasteiger charge is -2.22. The molecule has 1 atom stereocenters. The number of hydrogen-bond acceptors (Lipinski definition) is 5. The Kier molecular flexibility index (Phi) is 7.27. The summed E-state index contributed by atoms with van der Waals surface area (Å²) in [5.74, 6) is 0.728. The van der Waals surface area contributed by atoms with Crippen molar-refractivity contribution in [1.29, 1.82) is 0 Å². The molecule has 2 N–H and O–H groups in total. The van der Waals surface area contributed by atoms with Crippen LogP contribution in [0.4, 0.5) is 0 Å². The van der Waals surface area contributed by atoms with Crippen molar-refractivity contribution in [3.05, 3.63) is 30.0 Å². The largest absolute Gasteiger partial charge is 0.491 e. The molecule has 0 spiro atoms. The topological polar surface area (TPSA) is 74.9 Å². The maximum Gasteiger partial charge on any atom is 0.227 e. The van der Waals surface area contributed by atoms with Gasteiger partial charge in [0.15, 0.2) is 0 Å². The first-order chi connectivity index (χ1) is 12.7. The zero-order chi connectivity index (χ0) is 20.0. The predicted molar refractivity (Wildman–Crippen MR) is 107 cm³/mol. The molecule has 1 heterocycles. The summed E-state index contributed by atoms with van der Waals surface area (Å²) in [6.07, 6.45) is 1.36. The molecule has 6 heteroatoms. The van der Waals surface area contributed by atoms with Gasteiger partial charge in [0.25, 0.3) is 0 Å². The van der Waals surface area contributed by atoms with Gasteiger partial charge in [-0.2, -0.15) is 0 Å². The highest BCUT2D eigenvalue weighted by atomic mass is 16.5. The van der Waals surface area contributed by atoms with Crippen molar-refractivity contribution in [2.75, 3.05) is 26.2 Å². The van der Waals surface area contributed by atoms with Crippen molar-refractivity contribution in [2.24, 2.45) is 0 Å². The Hall–Kier alpha value is -2.05. The van der Waals surface area contributed by atoms with E-state index >= 15 is 0 Å². The van der Waals surface area contributed by atoms with Crippen LogP contribution >= 0.6 is 0 Å². The van der Waals surface area contributed by atoms with E-state index in [9.17, 15) is 9.90 Å². The summed E-state index contributed by atoms with van der Waals surface area (Å²) in [7, 11) is 0. The molecule has 0 saturated carbocycles. The molecule has 6 nitrogen and oxygen atoms in total. The Morgan fingerprint density at radius 1 is 1.30 bits per heavy atom. The normalized spacial score (nSPS) is 13.0. The van der Waals surface area contributed by atoms with E-state index in [1.54, 1.807) is 12.3 Å². The van der Waals surface area contributed by atoms with Gasteiger partial charge in [-0.1, -0.05) is 0 Å². The molecule has 1 unspecified atom stereocenters. The number of carbonyl (C=O) groups excluding carboxylic acids is 1. The number of benzene rings is 1. The molecule has 27 heavy (non-hydrogen) atoms. The second-order valence-electron chi connectivity index (χ2n) is 7.76. The van der Waals surface area contributed by atoms with E-state index < -0.39 is 6.10 Å². The fraction of sp³-hybridized carbons (Fsp3) is 0.571. The lowest BCUT2D eigenvalue weighted by Crippen LogP contribution is -2.42. The molecule has 2 aromatic rings. The van der Waals surface area contributed by atoms with E-state index in [-0.39, 0.29) is 18.1 Å². The Morgan fingerprint density at radius 3 is 2.63 bits per heavy atom. The number of furan rings is 1. The van der Waals surface area contributed by atoms with E-state index in [0.29, 0.717) is 37.4 Å². The highest BCUT2D eigenvalue weighted by Gasteiger charge is 2.16. The Balaban J connectivity index is 1.97. The van der Waals surface area contributed by atoms with Crippen molar-refractivity contribution in [2.45, 2.75) is 52.7 Å². The van der Waals surface area contributed by atoms with Gasteiger partial charge in [0.05, 0.1) is 12.7 Å². The van der Waals surface area contributed by atoms with Crippen LogP contribution in [0.1, 0.15) is 40.2 Å². The van der Waals surface area contributed by atoms with Gasteiger partial charge in [-0.3, -0.25) is 4.79 Å². The number of carbonyl (C=O) groups is 1. The van der Waals surface area contributed by atoms with Crippen LogP contribution in [0.25, 0.3) is 11.0 Å². The average Bonchev–Trinajstić information content (AvgIpc) is 3.00. The molecule has 150 valence electrons. The molecule has 1 aromatic carbocycles. The van der Waals surface area contributed by atoms with Gasteiger partial charge < -0.3 is 24.5 Å². The van der Waals surface area contributed by atoms with Gasteiger partial charge in [-0.05, 0) is 46.8 Å². The molecule has 0 bridgehead atoms. The minimum atomic E-state index is -0.598. The number of β-amino-alcohol motifs (C(OH)–C–C–N with tert-alkyl or cyclic N) is 1. The van der Waals surface area contributed by atoms with E-state index in [4.69, 9.17) is 9.15 Å². The van der Waals surface area contributed by atoms with Crippen LogP contribution in [0.5, 0.6) is 5.75 Å². The van der Waals surface area contributed by atoms with Crippen molar-refractivity contribution in [3.8, 4) is 5.75 Å². The summed E-state index contributed by atoms with van der Waals surface area (Å²) in [5, 5.41) is 14.2. The quantitative estimate of drug-likeness (QED) is 0.704. The van der Waals surface area contributed by atoms with Crippen LogP contribution in [0.15, 0.2) is 28.9 Å². The van der Waals surface area contributed by atoms with Crippen molar-refractivity contribution in [1.82, 2.24) is 10.2 Å². The van der Waals surface area contributed by atoms with Crippen LogP contribution < -0.4 is 10.1 Å². The lowest BCUT2D eigenvalue weighted by atomic mass is 10.1. The summed E-state index contributed by atoms with van der Waals surface area (Å²) < 4.78 is 11.3. The van der Waals surface area contributed by atoms with Crippen molar-refractivity contribution < 1.29 is 19.1 Å². The zero-order valence-electron chi connectivity index (χ0n) is 17.0. The second-order valence-corrected chi connectivity index (χ2v) is 7.76. The minimum absolute atomic E-state index is 0.0486. The molecule has 0 fully saturated rings. The number of amides is 1. The van der Waals surface area contributed by atoms with Crippen LogP contribution in [0, 0.1) is 0 Å². The number of ether oxygens (including phenoxy) is 1. The third-order valence-corrected chi connectivity index (χ3v) is 4.40. The average molecular weight is 376 g/mol. The fourth-order valence-electron chi connectivity index (χ4n) is 2.82. The SMILES string of the molecule is CCN(CC)C(=O)Cc1coc2cc(OCC(O)CNC(C)(C)C)ccc12. The fourth-order valence-corrected chi connectivity index (χ4v) is 2.82. The summed E-state index contributed by atoms with van der Waals surface area (Å²) in [4.78, 5) is 14.1. The number of likely N-dealkylation sites (N-methyl/N-ethyl adjacent to an activating group) is 1. The first-order valence-electron chi connectivity index (χ1n) is 9.57. The van der Waals surface area contributed by atoms with Crippen LogP contribution in [-0.4, -0.2) is 53.8 Å². The molecule has 0 aliphatic rings. The maximum atomic E-state index is 12.3. The summed E-state index contributed by atoms with van der Waals surface area (Å²) in [6.45, 7) is 12.2. The smallest absolute Gasteiger partial charge is 0.227 e. The highest BCUT2D eigenvalue weighted by molar-refractivity contribution is 5.88. The van der Waals surface area contributed by atoms with E-state index in [1.165, 1.54) is 0 Å². The monoisotopic (exact) mass is 376 g/mol. The molecule has 0 radical (unpaired) electrons. The third kappa shape index (κ3) is 6.26. The minimum Gasteiger partial charge on any atom is -0.491 e. The first kappa shape index (κ1) is 21.3.